The van der Waals surface area contributed by atoms with E-state index in [0.29, 0.717) is 6.42 Å². The molecule has 1 aliphatic heterocycles. The van der Waals surface area contributed by atoms with Crippen molar-refractivity contribution in [2.75, 3.05) is 5.88 Å². The van der Waals surface area contributed by atoms with Crippen LogP contribution in [0.5, 0.6) is 0 Å². The first-order valence-corrected chi connectivity index (χ1v) is 5.53. The number of carbonyl (C=O) groups excluding carboxylic acids is 1. The van der Waals surface area contributed by atoms with Crippen LogP contribution in [-0.2, 0) is 11.2 Å². The molecule has 0 saturated heterocycles. The number of amides is 1. The van der Waals surface area contributed by atoms with Crippen LogP contribution in [0.4, 0.5) is 0 Å². The zero-order chi connectivity index (χ0) is 9.80. The van der Waals surface area contributed by atoms with Gasteiger partial charge in [-0.2, -0.15) is 0 Å². The summed E-state index contributed by atoms with van der Waals surface area (Å²) in [6.07, 6.45) is 2.33. The minimum Gasteiger partial charge on any atom is -0.308 e. The third kappa shape index (κ3) is 3.39. The van der Waals surface area contributed by atoms with Crippen molar-refractivity contribution < 1.29 is 4.79 Å². The van der Waals surface area contributed by atoms with Crippen LogP contribution < -0.4 is 0 Å². The van der Waals surface area contributed by atoms with Gasteiger partial charge in [0.1, 0.15) is 0 Å². The SMILES string of the molecule is Br.O=C(Cc1ccccc1)N1C=CSC1. The van der Waals surface area contributed by atoms with Crippen molar-refractivity contribution in [1.29, 1.82) is 0 Å². The monoisotopic (exact) mass is 285 g/mol. The molecule has 1 heterocycles. The van der Waals surface area contributed by atoms with Gasteiger partial charge in [0.25, 0.3) is 0 Å². The summed E-state index contributed by atoms with van der Waals surface area (Å²) in [5, 5.41) is 1.95. The highest BCUT2D eigenvalue weighted by molar-refractivity contribution is 8.93. The first kappa shape index (κ1) is 12.3. The molecule has 0 spiro atoms. The van der Waals surface area contributed by atoms with E-state index in [1.165, 1.54) is 0 Å². The number of rotatable bonds is 2. The van der Waals surface area contributed by atoms with Crippen molar-refractivity contribution in [2.45, 2.75) is 6.42 Å². The third-order valence-corrected chi connectivity index (χ3v) is 2.81. The fraction of sp³-hybridized carbons (Fsp3) is 0.182. The molecule has 0 N–H and O–H groups in total. The Balaban J connectivity index is 0.00000112. The maximum Gasteiger partial charge on any atom is 0.231 e. The van der Waals surface area contributed by atoms with E-state index < -0.39 is 0 Å². The van der Waals surface area contributed by atoms with Gasteiger partial charge in [-0.25, -0.2) is 0 Å². The van der Waals surface area contributed by atoms with Crippen molar-refractivity contribution in [3.8, 4) is 0 Å². The summed E-state index contributed by atoms with van der Waals surface area (Å²) < 4.78 is 0. The Morgan fingerprint density at radius 2 is 2.07 bits per heavy atom. The highest BCUT2D eigenvalue weighted by atomic mass is 79.9. The molecule has 0 unspecified atom stereocenters. The van der Waals surface area contributed by atoms with E-state index >= 15 is 0 Å². The van der Waals surface area contributed by atoms with E-state index in [9.17, 15) is 4.79 Å². The van der Waals surface area contributed by atoms with Gasteiger partial charge in [-0.15, -0.1) is 28.7 Å². The van der Waals surface area contributed by atoms with Gasteiger partial charge < -0.3 is 4.90 Å². The molecule has 15 heavy (non-hydrogen) atoms. The maximum atomic E-state index is 11.7. The van der Waals surface area contributed by atoms with Gasteiger partial charge in [-0.05, 0) is 11.0 Å². The smallest absolute Gasteiger partial charge is 0.231 e. The van der Waals surface area contributed by atoms with Gasteiger partial charge in [0.2, 0.25) is 5.91 Å². The van der Waals surface area contributed by atoms with E-state index in [1.807, 2.05) is 41.9 Å². The van der Waals surface area contributed by atoms with Crippen molar-refractivity contribution in [3.63, 3.8) is 0 Å². The van der Waals surface area contributed by atoms with Crippen molar-refractivity contribution >= 4 is 34.7 Å². The number of benzene rings is 1. The first-order chi connectivity index (χ1) is 6.86. The molecule has 0 saturated carbocycles. The number of carbonyl (C=O) groups is 1. The van der Waals surface area contributed by atoms with E-state index in [2.05, 4.69) is 0 Å². The molecule has 0 atom stereocenters. The highest BCUT2D eigenvalue weighted by Crippen LogP contribution is 2.16. The Kier molecular flexibility index (Phi) is 4.91. The quantitative estimate of drug-likeness (QED) is 0.833. The third-order valence-electron chi connectivity index (χ3n) is 2.07. The molecular weight excluding hydrogens is 274 g/mol. The summed E-state index contributed by atoms with van der Waals surface area (Å²) in [5.74, 6) is 0.920. The van der Waals surface area contributed by atoms with Gasteiger partial charge in [0, 0.05) is 6.20 Å². The molecule has 1 aliphatic rings. The van der Waals surface area contributed by atoms with E-state index in [0.717, 1.165) is 11.4 Å². The molecule has 2 nitrogen and oxygen atoms in total. The molecule has 1 aromatic carbocycles. The average Bonchev–Trinajstić information content (AvgIpc) is 2.72. The van der Waals surface area contributed by atoms with Gasteiger partial charge >= 0.3 is 0 Å². The van der Waals surface area contributed by atoms with Crippen molar-refractivity contribution in [1.82, 2.24) is 4.90 Å². The van der Waals surface area contributed by atoms with E-state index in [1.54, 1.807) is 16.7 Å². The van der Waals surface area contributed by atoms with Gasteiger partial charge in [-0.1, -0.05) is 30.3 Å². The lowest BCUT2D eigenvalue weighted by molar-refractivity contribution is -0.127. The molecule has 0 bridgehead atoms. The van der Waals surface area contributed by atoms with Crippen LogP contribution in [0.3, 0.4) is 0 Å². The van der Waals surface area contributed by atoms with Gasteiger partial charge in [0.05, 0.1) is 12.3 Å². The molecule has 4 heteroatoms. The molecule has 0 fully saturated rings. The summed E-state index contributed by atoms with van der Waals surface area (Å²) in [5.41, 5.74) is 1.07. The summed E-state index contributed by atoms with van der Waals surface area (Å²) in [4.78, 5) is 13.4. The lowest BCUT2D eigenvalue weighted by Gasteiger charge is -2.11. The summed E-state index contributed by atoms with van der Waals surface area (Å²) in [6.45, 7) is 0. The topological polar surface area (TPSA) is 20.3 Å². The zero-order valence-electron chi connectivity index (χ0n) is 8.13. The zero-order valence-corrected chi connectivity index (χ0v) is 10.7. The number of thioether (sulfide) groups is 1. The van der Waals surface area contributed by atoms with Crippen molar-refractivity contribution in [3.05, 3.63) is 47.5 Å². The van der Waals surface area contributed by atoms with E-state index in [-0.39, 0.29) is 22.9 Å². The predicted octanol–water partition coefficient (Wildman–Crippen LogP) is 2.81. The largest absolute Gasteiger partial charge is 0.308 e. The maximum absolute atomic E-state index is 11.7. The summed E-state index contributed by atoms with van der Waals surface area (Å²) in [7, 11) is 0. The Hall–Kier alpha value is -0.740. The van der Waals surface area contributed by atoms with Crippen LogP contribution in [-0.4, -0.2) is 16.7 Å². The fourth-order valence-electron chi connectivity index (χ4n) is 1.31. The van der Waals surface area contributed by atoms with Gasteiger partial charge in [0.15, 0.2) is 0 Å². The van der Waals surface area contributed by atoms with Crippen LogP contribution >= 0.6 is 28.7 Å². The van der Waals surface area contributed by atoms with Crippen LogP contribution in [0.25, 0.3) is 0 Å². The first-order valence-electron chi connectivity index (χ1n) is 4.48. The molecule has 0 radical (unpaired) electrons. The summed E-state index contributed by atoms with van der Waals surface area (Å²) in [6, 6.07) is 9.82. The molecule has 2 rings (SSSR count). The van der Waals surface area contributed by atoms with Gasteiger partial charge in [-0.3, -0.25) is 4.79 Å². The predicted molar refractivity (Wildman–Crippen MR) is 68.9 cm³/mol. The molecule has 1 amide bonds. The van der Waals surface area contributed by atoms with E-state index in [4.69, 9.17) is 0 Å². The van der Waals surface area contributed by atoms with Crippen LogP contribution in [0.2, 0.25) is 0 Å². The molecule has 1 aromatic rings. The second-order valence-corrected chi connectivity index (χ2v) is 3.97. The minimum atomic E-state index is 0. The number of halogens is 1. The minimum absolute atomic E-state index is 0. The lowest BCUT2D eigenvalue weighted by atomic mass is 10.1. The Morgan fingerprint density at radius 1 is 1.33 bits per heavy atom. The fourth-order valence-corrected chi connectivity index (χ4v) is 2.02. The Morgan fingerprint density at radius 3 is 2.67 bits per heavy atom. The van der Waals surface area contributed by atoms with Crippen molar-refractivity contribution in [2.24, 2.45) is 0 Å². The number of nitrogens with zero attached hydrogens (tertiary/aromatic N) is 1. The summed E-state index contributed by atoms with van der Waals surface area (Å²) >= 11 is 1.65. The Bertz CT molecular complexity index is 353. The number of hydrogen-bond acceptors (Lipinski definition) is 2. The highest BCUT2D eigenvalue weighted by Gasteiger charge is 2.13. The molecule has 0 aromatic heterocycles. The molecule has 0 aliphatic carbocycles. The van der Waals surface area contributed by atoms with Crippen LogP contribution in [0, 0.1) is 0 Å². The Labute approximate surface area is 104 Å². The second-order valence-electron chi connectivity index (χ2n) is 3.11. The van der Waals surface area contributed by atoms with Crippen LogP contribution in [0.15, 0.2) is 41.9 Å². The average molecular weight is 286 g/mol. The second kappa shape index (κ2) is 5.98. The molecule has 80 valence electrons. The standard InChI is InChI=1S/C11H11NOS.BrH/c13-11(12-6-7-14-9-12)8-10-4-2-1-3-5-10;/h1-7H,8-9H2;1H. The van der Waals surface area contributed by atoms with Crippen LogP contribution in [0.1, 0.15) is 5.56 Å². The lowest BCUT2D eigenvalue weighted by Crippen LogP contribution is -2.24. The normalized spacial score (nSPS) is 13.7. The number of hydrogen-bond donors (Lipinski definition) is 0. The molecular formula is C11H12BrNOS.